The molecule has 1 atom stereocenters. The number of rotatable bonds is 8. The minimum absolute atomic E-state index is 0.110. The van der Waals surface area contributed by atoms with Gasteiger partial charge in [0.25, 0.3) is 0 Å². The van der Waals surface area contributed by atoms with E-state index in [0.717, 1.165) is 0 Å². The molecule has 0 aliphatic carbocycles. The molecule has 1 rings (SSSR count). The highest BCUT2D eigenvalue weighted by Crippen LogP contribution is 2.44. The van der Waals surface area contributed by atoms with Crippen LogP contribution in [0.1, 0.15) is 67.2 Å². The van der Waals surface area contributed by atoms with Gasteiger partial charge >= 0.3 is 6.09 Å². The van der Waals surface area contributed by atoms with E-state index in [4.69, 9.17) is 9.16 Å². The predicted octanol–water partition coefficient (Wildman–Crippen LogP) is 6.07. The van der Waals surface area contributed by atoms with Crippen molar-refractivity contribution in [3.63, 3.8) is 0 Å². The Balaban J connectivity index is 3.09. The van der Waals surface area contributed by atoms with E-state index in [1.54, 1.807) is 12.2 Å². The SMILES string of the molecule is C=CCC1(CC=C)CC(CCO[Si](C)(C)C(C)(C)C)N(C(=O)OC(C)(C)C)C1=O. The van der Waals surface area contributed by atoms with Gasteiger partial charge in [-0.15, -0.1) is 13.2 Å². The maximum Gasteiger partial charge on any atom is 0.417 e. The first-order valence-corrected chi connectivity index (χ1v) is 13.4. The van der Waals surface area contributed by atoms with E-state index in [1.807, 2.05) is 20.8 Å². The summed E-state index contributed by atoms with van der Waals surface area (Å²) >= 11 is 0. The Morgan fingerprint density at radius 1 is 1.17 bits per heavy atom. The summed E-state index contributed by atoms with van der Waals surface area (Å²) < 4.78 is 11.9. The molecule has 29 heavy (non-hydrogen) atoms. The molecule has 1 aliphatic heterocycles. The summed E-state index contributed by atoms with van der Waals surface area (Å²) in [6.07, 6.45) is 5.13. The van der Waals surface area contributed by atoms with Gasteiger partial charge in [-0.05, 0) is 64.6 Å². The van der Waals surface area contributed by atoms with Crippen molar-refractivity contribution in [3.8, 4) is 0 Å². The third kappa shape index (κ3) is 6.29. The largest absolute Gasteiger partial charge is 0.443 e. The molecule has 0 bridgehead atoms. The highest BCUT2D eigenvalue weighted by atomic mass is 28.4. The van der Waals surface area contributed by atoms with Crippen LogP contribution in [0.2, 0.25) is 18.1 Å². The molecule has 0 spiro atoms. The quantitative estimate of drug-likeness (QED) is 0.351. The standard InChI is InChI=1S/C23H41NO4Si/c1-11-14-23(15-12-2)17-18(13-16-27-29(9,10)22(6,7)8)24(19(23)25)20(26)28-21(3,4)5/h11-12,18H,1-2,13-17H2,3-10H3. The molecule has 0 aromatic rings. The van der Waals surface area contributed by atoms with Crippen molar-refractivity contribution in [1.82, 2.24) is 4.90 Å². The molecular formula is C23H41NO4Si. The van der Waals surface area contributed by atoms with E-state index in [2.05, 4.69) is 47.0 Å². The monoisotopic (exact) mass is 423 g/mol. The molecular weight excluding hydrogens is 382 g/mol. The molecule has 0 radical (unpaired) electrons. The predicted molar refractivity (Wildman–Crippen MR) is 121 cm³/mol. The van der Waals surface area contributed by atoms with E-state index in [1.165, 1.54) is 4.90 Å². The number of imide groups is 1. The number of allylic oxidation sites excluding steroid dienone is 2. The summed E-state index contributed by atoms with van der Waals surface area (Å²) in [5.74, 6) is -0.191. The summed E-state index contributed by atoms with van der Waals surface area (Å²) in [6.45, 7) is 24.6. The fraction of sp³-hybridized carbons (Fsp3) is 0.739. The highest BCUT2D eigenvalue weighted by molar-refractivity contribution is 6.74. The van der Waals surface area contributed by atoms with Crippen LogP contribution in [0.5, 0.6) is 0 Å². The molecule has 0 saturated carbocycles. The molecule has 1 unspecified atom stereocenters. The summed E-state index contributed by atoms with van der Waals surface area (Å²) in [7, 11) is -1.90. The zero-order valence-corrected chi connectivity index (χ0v) is 20.8. The zero-order valence-electron chi connectivity index (χ0n) is 19.8. The number of carbonyl (C=O) groups is 2. The van der Waals surface area contributed by atoms with Crippen molar-refractivity contribution in [2.45, 2.75) is 97.0 Å². The lowest BCUT2D eigenvalue weighted by Gasteiger charge is -2.36. The number of carbonyl (C=O) groups excluding carboxylic acids is 2. The van der Waals surface area contributed by atoms with E-state index in [0.29, 0.717) is 32.3 Å². The van der Waals surface area contributed by atoms with Gasteiger partial charge in [-0.25, -0.2) is 9.69 Å². The number of likely N-dealkylation sites (tertiary alicyclic amines) is 1. The van der Waals surface area contributed by atoms with Gasteiger partial charge < -0.3 is 9.16 Å². The van der Waals surface area contributed by atoms with E-state index in [-0.39, 0.29) is 17.0 Å². The normalized spacial score (nSPS) is 19.9. The first-order chi connectivity index (χ1) is 13.1. The van der Waals surface area contributed by atoms with Crippen LogP contribution in [0.25, 0.3) is 0 Å². The Hall–Kier alpha value is -1.40. The van der Waals surface area contributed by atoms with Gasteiger partial charge in [-0.2, -0.15) is 0 Å². The van der Waals surface area contributed by atoms with Crippen molar-refractivity contribution in [2.75, 3.05) is 6.61 Å². The van der Waals surface area contributed by atoms with Crippen LogP contribution in [0.4, 0.5) is 4.79 Å². The maximum absolute atomic E-state index is 13.4. The Morgan fingerprint density at radius 3 is 2.10 bits per heavy atom. The van der Waals surface area contributed by atoms with Crippen molar-refractivity contribution in [2.24, 2.45) is 5.41 Å². The Morgan fingerprint density at radius 2 is 1.69 bits per heavy atom. The zero-order chi connectivity index (χ0) is 22.7. The molecule has 0 N–H and O–H groups in total. The first kappa shape index (κ1) is 25.6. The van der Waals surface area contributed by atoms with Crippen molar-refractivity contribution < 1.29 is 18.8 Å². The fourth-order valence-corrected chi connectivity index (χ4v) is 4.53. The molecule has 0 aromatic heterocycles. The van der Waals surface area contributed by atoms with Gasteiger partial charge in [0.1, 0.15) is 5.60 Å². The van der Waals surface area contributed by atoms with Crippen LogP contribution in [-0.2, 0) is 14.0 Å². The highest BCUT2D eigenvalue weighted by Gasteiger charge is 2.53. The van der Waals surface area contributed by atoms with Gasteiger partial charge in [0, 0.05) is 12.6 Å². The molecule has 166 valence electrons. The summed E-state index contributed by atoms with van der Waals surface area (Å²) in [5, 5.41) is 0.110. The molecule has 0 aromatic carbocycles. The minimum Gasteiger partial charge on any atom is -0.443 e. The van der Waals surface area contributed by atoms with E-state index >= 15 is 0 Å². The third-order valence-corrected chi connectivity index (χ3v) is 10.6. The Labute approximate surface area is 178 Å². The summed E-state index contributed by atoms with van der Waals surface area (Å²) in [4.78, 5) is 27.6. The minimum atomic E-state index is -1.90. The first-order valence-electron chi connectivity index (χ1n) is 10.5. The second kappa shape index (κ2) is 9.17. The van der Waals surface area contributed by atoms with Crippen LogP contribution in [-0.4, -0.2) is 43.5 Å². The maximum atomic E-state index is 13.4. The van der Waals surface area contributed by atoms with Gasteiger partial charge in [-0.3, -0.25) is 4.79 Å². The van der Waals surface area contributed by atoms with Crippen molar-refractivity contribution in [1.29, 1.82) is 0 Å². The molecule has 1 aliphatic rings. The molecule has 2 amide bonds. The average molecular weight is 424 g/mol. The third-order valence-electron chi connectivity index (χ3n) is 6.04. The number of nitrogens with zero attached hydrogens (tertiary/aromatic N) is 1. The van der Waals surface area contributed by atoms with Crippen LogP contribution in [0, 0.1) is 5.41 Å². The summed E-state index contributed by atoms with van der Waals surface area (Å²) in [5.41, 5.74) is -1.34. The molecule has 1 fully saturated rings. The Kier molecular flexibility index (Phi) is 8.10. The van der Waals surface area contributed by atoms with E-state index < -0.39 is 25.4 Å². The lowest BCUT2D eigenvalue weighted by atomic mass is 9.78. The van der Waals surface area contributed by atoms with E-state index in [9.17, 15) is 9.59 Å². The lowest BCUT2D eigenvalue weighted by molar-refractivity contribution is -0.135. The van der Waals surface area contributed by atoms with Gasteiger partial charge in [0.05, 0.1) is 5.41 Å². The van der Waals surface area contributed by atoms with Crippen molar-refractivity contribution >= 4 is 20.3 Å². The van der Waals surface area contributed by atoms with Gasteiger partial charge in [0.15, 0.2) is 8.32 Å². The van der Waals surface area contributed by atoms with Crippen LogP contribution >= 0.6 is 0 Å². The average Bonchev–Trinajstić information content (AvgIpc) is 2.77. The van der Waals surface area contributed by atoms with Gasteiger partial charge in [0.2, 0.25) is 5.91 Å². The topological polar surface area (TPSA) is 55.8 Å². The lowest BCUT2D eigenvalue weighted by Crippen LogP contribution is -2.45. The van der Waals surface area contributed by atoms with Crippen LogP contribution < -0.4 is 0 Å². The molecule has 5 nitrogen and oxygen atoms in total. The smallest absolute Gasteiger partial charge is 0.417 e. The van der Waals surface area contributed by atoms with Crippen molar-refractivity contribution in [3.05, 3.63) is 25.3 Å². The molecule has 6 heteroatoms. The second-order valence-electron chi connectivity index (χ2n) is 10.7. The van der Waals surface area contributed by atoms with Crippen LogP contribution in [0.3, 0.4) is 0 Å². The number of hydrogen-bond donors (Lipinski definition) is 0. The number of hydrogen-bond acceptors (Lipinski definition) is 4. The fourth-order valence-electron chi connectivity index (χ4n) is 3.47. The second-order valence-corrected chi connectivity index (χ2v) is 15.5. The molecule has 1 heterocycles. The molecule has 1 saturated heterocycles. The number of amides is 2. The number of ether oxygens (including phenoxy) is 1. The van der Waals surface area contributed by atoms with Crippen LogP contribution in [0.15, 0.2) is 25.3 Å². The van der Waals surface area contributed by atoms with Gasteiger partial charge in [-0.1, -0.05) is 32.9 Å². The summed E-state index contributed by atoms with van der Waals surface area (Å²) in [6, 6.07) is -0.248. The Bertz CT molecular complexity index is 618.